The van der Waals surface area contributed by atoms with Gasteiger partial charge in [0.2, 0.25) is 5.91 Å². The number of hydrogen-bond acceptors (Lipinski definition) is 2. The smallest absolute Gasteiger partial charge is 0.225 e. The Morgan fingerprint density at radius 3 is 2.32 bits per heavy atom. The highest BCUT2D eigenvalue weighted by atomic mass is 16.5. The van der Waals surface area contributed by atoms with Crippen LogP contribution in [0.25, 0.3) is 0 Å². The number of nitrogens with zero attached hydrogens (tertiary/aromatic N) is 1. The second kappa shape index (κ2) is 7.28. The maximum atomic E-state index is 12.4. The third-order valence-corrected chi connectivity index (χ3v) is 5.08. The van der Waals surface area contributed by atoms with E-state index in [1.165, 1.54) is 32.1 Å². The predicted octanol–water partition coefficient (Wildman–Crippen LogP) is 3.23. The Kier molecular flexibility index (Phi) is 5.68. The molecule has 0 heterocycles. The minimum Gasteiger partial charge on any atom is -0.381 e. The lowest BCUT2D eigenvalue weighted by Crippen LogP contribution is -2.37. The lowest BCUT2D eigenvalue weighted by molar-refractivity contribution is -0.136. The van der Waals surface area contributed by atoms with Crippen LogP contribution in [0.1, 0.15) is 57.8 Å². The van der Waals surface area contributed by atoms with Crippen LogP contribution >= 0.6 is 0 Å². The molecule has 2 fully saturated rings. The molecule has 0 saturated heterocycles. The Morgan fingerprint density at radius 2 is 1.74 bits per heavy atom. The van der Waals surface area contributed by atoms with Gasteiger partial charge in [-0.15, -0.1) is 0 Å². The summed E-state index contributed by atoms with van der Waals surface area (Å²) in [4.78, 5) is 14.4. The fourth-order valence-electron chi connectivity index (χ4n) is 3.64. The van der Waals surface area contributed by atoms with Crippen LogP contribution in [0.5, 0.6) is 0 Å². The third-order valence-electron chi connectivity index (χ3n) is 5.08. The maximum absolute atomic E-state index is 12.4. The number of methoxy groups -OCH3 is 1. The maximum Gasteiger partial charge on any atom is 0.225 e. The molecule has 0 radical (unpaired) electrons. The van der Waals surface area contributed by atoms with Crippen LogP contribution in [0.2, 0.25) is 0 Å². The molecule has 0 aromatic heterocycles. The molecule has 0 aliphatic heterocycles. The van der Waals surface area contributed by atoms with Crippen molar-refractivity contribution in [3.63, 3.8) is 0 Å². The van der Waals surface area contributed by atoms with Gasteiger partial charge in [0.15, 0.2) is 0 Å². The Hall–Kier alpha value is -0.570. The first kappa shape index (κ1) is 14.8. The quantitative estimate of drug-likeness (QED) is 0.765. The van der Waals surface area contributed by atoms with Crippen molar-refractivity contribution in [1.82, 2.24) is 4.90 Å². The molecule has 3 nitrogen and oxygen atoms in total. The lowest BCUT2D eigenvalue weighted by atomic mass is 9.86. The Morgan fingerprint density at radius 1 is 1.11 bits per heavy atom. The van der Waals surface area contributed by atoms with Crippen molar-refractivity contribution in [1.29, 1.82) is 0 Å². The van der Waals surface area contributed by atoms with Gasteiger partial charge in [0.1, 0.15) is 0 Å². The van der Waals surface area contributed by atoms with Crippen molar-refractivity contribution in [2.24, 2.45) is 11.8 Å². The molecule has 0 bridgehead atoms. The van der Waals surface area contributed by atoms with Crippen molar-refractivity contribution in [2.45, 2.75) is 63.9 Å². The summed E-state index contributed by atoms with van der Waals surface area (Å²) < 4.78 is 5.37. The van der Waals surface area contributed by atoms with Crippen LogP contribution < -0.4 is 0 Å². The lowest BCUT2D eigenvalue weighted by Gasteiger charge is -2.30. The summed E-state index contributed by atoms with van der Waals surface area (Å²) in [6.07, 6.45) is 11.2. The Bertz CT molecular complexity index is 278. The van der Waals surface area contributed by atoms with E-state index in [9.17, 15) is 4.79 Å². The van der Waals surface area contributed by atoms with Gasteiger partial charge in [0.05, 0.1) is 6.10 Å². The highest BCUT2D eigenvalue weighted by Gasteiger charge is 2.28. The van der Waals surface area contributed by atoms with Gasteiger partial charge in [-0.05, 0) is 38.0 Å². The van der Waals surface area contributed by atoms with Gasteiger partial charge >= 0.3 is 0 Å². The highest BCUT2D eigenvalue weighted by molar-refractivity contribution is 5.78. The van der Waals surface area contributed by atoms with Gasteiger partial charge in [0, 0.05) is 26.6 Å². The zero-order valence-electron chi connectivity index (χ0n) is 12.6. The molecule has 110 valence electrons. The van der Waals surface area contributed by atoms with Crippen molar-refractivity contribution in [2.75, 3.05) is 20.7 Å². The van der Waals surface area contributed by atoms with Crippen molar-refractivity contribution < 1.29 is 9.53 Å². The molecule has 0 atom stereocenters. The Balaban J connectivity index is 1.69. The number of carbonyl (C=O) groups is 1. The molecular weight excluding hydrogens is 238 g/mol. The molecule has 2 aliphatic carbocycles. The first-order valence-corrected chi connectivity index (χ1v) is 7.98. The number of carbonyl (C=O) groups excluding carboxylic acids is 1. The minimum absolute atomic E-state index is 0.250. The van der Waals surface area contributed by atoms with Crippen molar-refractivity contribution in [3.05, 3.63) is 0 Å². The van der Waals surface area contributed by atoms with Crippen LogP contribution in [-0.2, 0) is 9.53 Å². The average Bonchev–Trinajstić information content (AvgIpc) is 2.97. The number of hydrogen-bond donors (Lipinski definition) is 0. The van der Waals surface area contributed by atoms with E-state index in [2.05, 4.69) is 0 Å². The molecule has 2 saturated carbocycles. The monoisotopic (exact) mass is 267 g/mol. The SMILES string of the molecule is COC1CCC(C(=O)N(C)CCC2CCCC2)CC1. The number of amides is 1. The fraction of sp³-hybridized carbons (Fsp3) is 0.938. The molecule has 0 spiro atoms. The minimum atomic E-state index is 0.250. The largest absolute Gasteiger partial charge is 0.381 e. The van der Waals surface area contributed by atoms with E-state index in [4.69, 9.17) is 4.74 Å². The molecule has 2 aliphatic rings. The molecule has 1 amide bonds. The van der Waals surface area contributed by atoms with E-state index in [1.54, 1.807) is 7.11 Å². The normalized spacial score (nSPS) is 28.5. The van der Waals surface area contributed by atoms with Crippen LogP contribution in [0.15, 0.2) is 0 Å². The first-order valence-electron chi connectivity index (χ1n) is 7.98. The second-order valence-corrected chi connectivity index (χ2v) is 6.41. The summed E-state index contributed by atoms with van der Waals surface area (Å²) in [6, 6.07) is 0. The van der Waals surface area contributed by atoms with Crippen molar-refractivity contribution in [3.8, 4) is 0 Å². The summed E-state index contributed by atoms with van der Waals surface area (Å²) in [6.45, 7) is 0.952. The summed E-state index contributed by atoms with van der Waals surface area (Å²) in [5.41, 5.74) is 0. The van der Waals surface area contributed by atoms with Gasteiger partial charge in [-0.25, -0.2) is 0 Å². The summed E-state index contributed by atoms with van der Waals surface area (Å²) in [5, 5.41) is 0. The van der Waals surface area contributed by atoms with Gasteiger partial charge in [0.25, 0.3) is 0 Å². The van der Waals surface area contributed by atoms with E-state index >= 15 is 0 Å². The zero-order chi connectivity index (χ0) is 13.7. The molecule has 2 rings (SSSR count). The molecular formula is C16H29NO2. The van der Waals surface area contributed by atoms with E-state index in [0.29, 0.717) is 12.0 Å². The summed E-state index contributed by atoms with van der Waals surface area (Å²) >= 11 is 0. The fourth-order valence-corrected chi connectivity index (χ4v) is 3.64. The van der Waals surface area contributed by atoms with Crippen molar-refractivity contribution >= 4 is 5.91 Å². The standard InChI is InChI=1S/C16H29NO2/c1-17(12-11-13-5-3-4-6-13)16(18)14-7-9-15(19-2)10-8-14/h13-15H,3-12H2,1-2H3. The van der Waals surface area contributed by atoms with Gasteiger partial charge < -0.3 is 9.64 Å². The van der Waals surface area contributed by atoms with E-state index in [1.807, 2.05) is 11.9 Å². The van der Waals surface area contributed by atoms with Gasteiger partial charge in [-0.3, -0.25) is 4.79 Å². The van der Waals surface area contributed by atoms with E-state index in [0.717, 1.165) is 38.1 Å². The topological polar surface area (TPSA) is 29.5 Å². The third kappa shape index (κ3) is 4.20. The first-order chi connectivity index (χ1) is 9.20. The summed E-state index contributed by atoms with van der Waals surface area (Å²) in [7, 11) is 3.76. The predicted molar refractivity (Wildman–Crippen MR) is 77.0 cm³/mol. The zero-order valence-corrected chi connectivity index (χ0v) is 12.6. The summed E-state index contributed by atoms with van der Waals surface area (Å²) in [5.74, 6) is 1.49. The van der Waals surface area contributed by atoms with Crippen LogP contribution in [0, 0.1) is 11.8 Å². The highest BCUT2D eigenvalue weighted by Crippen LogP contribution is 2.29. The molecule has 19 heavy (non-hydrogen) atoms. The van der Waals surface area contributed by atoms with Gasteiger partial charge in [-0.1, -0.05) is 25.7 Å². The second-order valence-electron chi connectivity index (χ2n) is 6.41. The average molecular weight is 267 g/mol. The van der Waals surface area contributed by atoms with E-state index < -0.39 is 0 Å². The molecule has 3 heteroatoms. The molecule has 0 N–H and O–H groups in total. The molecule has 0 aromatic carbocycles. The van der Waals surface area contributed by atoms with E-state index in [-0.39, 0.29) is 5.92 Å². The number of ether oxygens (including phenoxy) is 1. The molecule has 0 unspecified atom stereocenters. The molecule has 0 aromatic rings. The van der Waals surface area contributed by atoms with Crippen LogP contribution in [-0.4, -0.2) is 37.6 Å². The van der Waals surface area contributed by atoms with Crippen LogP contribution in [0.3, 0.4) is 0 Å². The van der Waals surface area contributed by atoms with Crippen LogP contribution in [0.4, 0.5) is 0 Å². The Labute approximate surface area is 117 Å². The van der Waals surface area contributed by atoms with Gasteiger partial charge in [-0.2, -0.15) is 0 Å². The number of rotatable bonds is 5.